The number of fused-ring (bicyclic) bond motifs is 1. The molecule has 0 fully saturated rings. The summed E-state index contributed by atoms with van der Waals surface area (Å²) in [4.78, 5) is 25.9. The molecule has 0 aliphatic carbocycles. The maximum atomic E-state index is 12.1. The normalized spacial score (nSPS) is 10.6. The zero-order chi connectivity index (χ0) is 15.7. The Hall–Kier alpha value is -3.08. The average Bonchev–Trinajstić information content (AvgIpc) is 2.51. The van der Waals surface area contributed by atoms with Crippen LogP contribution in [-0.2, 0) is 0 Å². The maximum Gasteiger partial charge on any atom is 0.256 e. The Morgan fingerprint density at radius 1 is 1.05 bits per heavy atom. The molecule has 3 rings (SSSR count). The number of hydrogen-bond acceptors (Lipinski definition) is 4. The lowest BCUT2D eigenvalue weighted by Crippen LogP contribution is -2.12. The molecule has 2 N–H and O–H groups in total. The van der Waals surface area contributed by atoms with E-state index in [1.165, 1.54) is 13.0 Å². The lowest BCUT2D eigenvalue weighted by molar-refractivity contribution is 0.101. The second kappa shape index (κ2) is 5.37. The first kappa shape index (κ1) is 13.9. The van der Waals surface area contributed by atoms with Crippen LogP contribution in [0.1, 0.15) is 17.4 Å². The molecular formula is C17H13NO4. The molecule has 2 aromatic carbocycles. The van der Waals surface area contributed by atoms with Crippen molar-refractivity contribution >= 4 is 16.6 Å². The van der Waals surface area contributed by atoms with E-state index >= 15 is 0 Å². The van der Waals surface area contributed by atoms with E-state index < -0.39 is 11.3 Å². The number of aromatic hydroxyl groups is 1. The first-order valence-electron chi connectivity index (χ1n) is 6.69. The molecule has 0 radical (unpaired) electrons. The van der Waals surface area contributed by atoms with E-state index in [1.54, 1.807) is 24.3 Å². The van der Waals surface area contributed by atoms with E-state index in [2.05, 4.69) is 4.98 Å². The molecule has 0 atom stereocenters. The minimum absolute atomic E-state index is 0.0887. The van der Waals surface area contributed by atoms with Crippen molar-refractivity contribution in [3.8, 4) is 17.2 Å². The molecule has 0 unspecified atom stereocenters. The number of pyridine rings is 1. The van der Waals surface area contributed by atoms with Gasteiger partial charge in [0.15, 0.2) is 11.5 Å². The highest BCUT2D eigenvalue weighted by molar-refractivity contribution is 6.01. The number of aromatic nitrogens is 1. The summed E-state index contributed by atoms with van der Waals surface area (Å²) < 4.78 is 5.66. The van der Waals surface area contributed by atoms with E-state index in [0.717, 1.165) is 0 Å². The molecular weight excluding hydrogens is 282 g/mol. The largest absolute Gasteiger partial charge is 0.505 e. The van der Waals surface area contributed by atoms with Gasteiger partial charge in [0, 0.05) is 12.3 Å². The fourth-order valence-electron chi connectivity index (χ4n) is 2.24. The SMILES string of the molecule is CC(=O)c1[nH]c(=O)c2cc(Oc3ccccc3)ccc2c1O. The molecule has 1 heterocycles. The Balaban J connectivity index is 2.11. The predicted octanol–water partition coefficient (Wildman–Crippen LogP) is 3.23. The minimum atomic E-state index is -0.448. The number of benzene rings is 2. The minimum Gasteiger partial charge on any atom is -0.505 e. The van der Waals surface area contributed by atoms with Gasteiger partial charge in [-0.1, -0.05) is 18.2 Å². The lowest BCUT2D eigenvalue weighted by Gasteiger charge is -2.08. The van der Waals surface area contributed by atoms with Gasteiger partial charge in [-0.3, -0.25) is 9.59 Å². The number of carbonyl (C=O) groups is 1. The molecule has 0 spiro atoms. The van der Waals surface area contributed by atoms with Crippen molar-refractivity contribution in [3.05, 3.63) is 64.6 Å². The smallest absolute Gasteiger partial charge is 0.256 e. The monoisotopic (exact) mass is 295 g/mol. The number of ketones is 1. The van der Waals surface area contributed by atoms with Crippen LogP contribution in [0.15, 0.2) is 53.3 Å². The Kier molecular flexibility index (Phi) is 3.39. The summed E-state index contributed by atoms with van der Waals surface area (Å²) in [5, 5.41) is 10.7. The highest BCUT2D eigenvalue weighted by Gasteiger charge is 2.14. The zero-order valence-electron chi connectivity index (χ0n) is 11.8. The third kappa shape index (κ3) is 2.44. The quantitative estimate of drug-likeness (QED) is 0.727. The number of H-pyrrole nitrogens is 1. The highest BCUT2D eigenvalue weighted by Crippen LogP contribution is 2.29. The van der Waals surface area contributed by atoms with Crippen LogP contribution < -0.4 is 10.3 Å². The number of para-hydroxylation sites is 1. The number of nitrogens with one attached hydrogen (secondary N) is 1. The molecule has 0 bridgehead atoms. The summed E-state index contributed by atoms with van der Waals surface area (Å²) in [6, 6.07) is 13.9. The van der Waals surface area contributed by atoms with Gasteiger partial charge < -0.3 is 14.8 Å². The van der Waals surface area contributed by atoms with Crippen molar-refractivity contribution in [2.24, 2.45) is 0 Å². The number of hydrogen-bond donors (Lipinski definition) is 2. The molecule has 0 saturated carbocycles. The third-order valence-corrected chi connectivity index (χ3v) is 3.30. The molecule has 5 nitrogen and oxygen atoms in total. The van der Waals surface area contributed by atoms with Gasteiger partial charge in [-0.15, -0.1) is 0 Å². The van der Waals surface area contributed by atoms with Crippen LogP contribution in [0, 0.1) is 0 Å². The predicted molar refractivity (Wildman–Crippen MR) is 82.8 cm³/mol. The van der Waals surface area contributed by atoms with Gasteiger partial charge in [0.25, 0.3) is 5.56 Å². The number of ether oxygens (including phenoxy) is 1. The van der Waals surface area contributed by atoms with Gasteiger partial charge in [-0.05, 0) is 30.3 Å². The van der Waals surface area contributed by atoms with Crippen LogP contribution in [0.2, 0.25) is 0 Å². The van der Waals surface area contributed by atoms with Crippen LogP contribution in [0.25, 0.3) is 10.8 Å². The van der Waals surface area contributed by atoms with Crippen molar-refractivity contribution in [2.75, 3.05) is 0 Å². The van der Waals surface area contributed by atoms with Gasteiger partial charge >= 0.3 is 0 Å². The summed E-state index contributed by atoms with van der Waals surface area (Å²) in [7, 11) is 0. The van der Waals surface area contributed by atoms with E-state index in [9.17, 15) is 14.7 Å². The van der Waals surface area contributed by atoms with Crippen molar-refractivity contribution < 1.29 is 14.6 Å². The van der Waals surface area contributed by atoms with Crippen LogP contribution >= 0.6 is 0 Å². The number of carbonyl (C=O) groups excluding carboxylic acids is 1. The van der Waals surface area contributed by atoms with Crippen molar-refractivity contribution in [2.45, 2.75) is 6.92 Å². The third-order valence-electron chi connectivity index (χ3n) is 3.30. The summed E-state index contributed by atoms with van der Waals surface area (Å²) >= 11 is 0. The van der Waals surface area contributed by atoms with Gasteiger partial charge in [0.2, 0.25) is 0 Å². The van der Waals surface area contributed by atoms with E-state index in [0.29, 0.717) is 16.9 Å². The van der Waals surface area contributed by atoms with E-state index in [-0.39, 0.29) is 16.8 Å². The molecule has 0 amide bonds. The van der Waals surface area contributed by atoms with Crippen LogP contribution in [0.3, 0.4) is 0 Å². The van der Waals surface area contributed by atoms with Gasteiger partial charge in [0.05, 0.1) is 5.39 Å². The molecule has 110 valence electrons. The Labute approximate surface area is 125 Å². The molecule has 5 heteroatoms. The van der Waals surface area contributed by atoms with Crippen LogP contribution in [0.5, 0.6) is 17.2 Å². The molecule has 0 aliphatic heterocycles. The van der Waals surface area contributed by atoms with Crippen molar-refractivity contribution in [1.82, 2.24) is 4.98 Å². The Morgan fingerprint density at radius 3 is 2.45 bits per heavy atom. The van der Waals surface area contributed by atoms with Gasteiger partial charge in [0.1, 0.15) is 17.2 Å². The average molecular weight is 295 g/mol. The summed E-state index contributed by atoms with van der Waals surface area (Å²) in [6.45, 7) is 1.28. The Morgan fingerprint density at radius 2 is 1.77 bits per heavy atom. The van der Waals surface area contributed by atoms with Crippen molar-refractivity contribution in [1.29, 1.82) is 0 Å². The zero-order valence-corrected chi connectivity index (χ0v) is 11.8. The summed E-state index contributed by atoms with van der Waals surface area (Å²) in [6.07, 6.45) is 0. The van der Waals surface area contributed by atoms with E-state index in [4.69, 9.17) is 4.74 Å². The second-order valence-corrected chi connectivity index (χ2v) is 4.86. The summed E-state index contributed by atoms with van der Waals surface area (Å²) in [5.74, 6) is 0.483. The van der Waals surface area contributed by atoms with Gasteiger partial charge in [-0.25, -0.2) is 0 Å². The number of Topliss-reactive ketones (excluding diaryl/α,β-unsaturated/α-hetero) is 1. The fraction of sp³-hybridized carbons (Fsp3) is 0.0588. The van der Waals surface area contributed by atoms with E-state index in [1.807, 2.05) is 18.2 Å². The molecule has 3 aromatic rings. The first-order chi connectivity index (χ1) is 10.6. The molecule has 0 aliphatic rings. The lowest BCUT2D eigenvalue weighted by atomic mass is 10.1. The maximum absolute atomic E-state index is 12.1. The van der Waals surface area contributed by atoms with Crippen molar-refractivity contribution in [3.63, 3.8) is 0 Å². The second-order valence-electron chi connectivity index (χ2n) is 4.86. The first-order valence-corrected chi connectivity index (χ1v) is 6.69. The van der Waals surface area contributed by atoms with Crippen LogP contribution in [0.4, 0.5) is 0 Å². The Bertz CT molecular complexity index is 913. The molecule has 22 heavy (non-hydrogen) atoms. The topological polar surface area (TPSA) is 79.4 Å². The molecule has 1 aromatic heterocycles. The fourth-order valence-corrected chi connectivity index (χ4v) is 2.24. The standard InChI is InChI=1S/C17H13NO4/c1-10(19)15-16(20)13-8-7-12(9-14(13)17(21)18-15)22-11-5-3-2-4-6-11/h2-9,20H,1H3,(H,18,21). The van der Waals surface area contributed by atoms with Gasteiger partial charge in [-0.2, -0.15) is 0 Å². The molecule has 0 saturated heterocycles. The number of aromatic amines is 1. The summed E-state index contributed by atoms with van der Waals surface area (Å²) in [5.41, 5.74) is -0.536. The van der Waals surface area contributed by atoms with Crippen LogP contribution in [-0.4, -0.2) is 15.9 Å². The highest BCUT2D eigenvalue weighted by atomic mass is 16.5. The number of rotatable bonds is 3.